The number of Topliss-reactive ketones (excluding diaryl/α,β-unsaturated/α-hetero) is 1. The Morgan fingerprint density at radius 2 is 1.76 bits per heavy atom. The van der Waals surface area contributed by atoms with Crippen molar-refractivity contribution in [2.45, 2.75) is 129 Å². The fourth-order valence-electron chi connectivity index (χ4n) is 7.13. The van der Waals surface area contributed by atoms with Crippen LogP contribution in [0, 0.1) is 11.3 Å². The Hall–Kier alpha value is -0.916. The summed E-state index contributed by atoms with van der Waals surface area (Å²) in [4.78, 5) is 13.0. The van der Waals surface area contributed by atoms with Crippen LogP contribution < -0.4 is 5.38 Å². The van der Waals surface area contributed by atoms with E-state index in [0.29, 0.717) is 11.8 Å². The quantitative estimate of drug-likeness (QED) is 0.385. The Morgan fingerprint density at radius 1 is 1.09 bits per heavy atom. The largest absolute Gasteiger partial charge is 0.474 e. The third-order valence-electron chi connectivity index (χ3n) is 10.1. The van der Waals surface area contributed by atoms with E-state index in [1.54, 1.807) is 6.92 Å². The van der Waals surface area contributed by atoms with E-state index in [2.05, 4.69) is 66.5 Å². The van der Waals surface area contributed by atoms with Gasteiger partial charge in [-0.25, -0.2) is 0 Å². The van der Waals surface area contributed by atoms with Gasteiger partial charge in [-0.1, -0.05) is 59.3 Å². The van der Waals surface area contributed by atoms with Crippen molar-refractivity contribution in [2.24, 2.45) is 11.3 Å². The van der Waals surface area contributed by atoms with Gasteiger partial charge in [-0.05, 0) is 86.7 Å². The van der Waals surface area contributed by atoms with Crippen LogP contribution in [0.2, 0.25) is 37.8 Å². The molecule has 4 rings (SSSR count). The van der Waals surface area contributed by atoms with Crippen LogP contribution in [0.15, 0.2) is 27.9 Å². The van der Waals surface area contributed by atoms with Gasteiger partial charge in [0.15, 0.2) is 14.1 Å². The molecule has 0 unspecified atom stereocenters. The maximum absolute atomic E-state index is 13.0. The van der Waals surface area contributed by atoms with E-state index in [-0.39, 0.29) is 21.8 Å². The molecule has 0 aliphatic heterocycles. The molecule has 5 heteroatoms. The Labute approximate surface area is 210 Å². The van der Waals surface area contributed by atoms with Gasteiger partial charge in [0.25, 0.3) is 0 Å². The van der Waals surface area contributed by atoms with Gasteiger partial charge in [0.2, 0.25) is 0 Å². The molecule has 1 aromatic heterocycles. The molecule has 1 heterocycles. The number of hydrogen-bond acceptors (Lipinski definition) is 3. The van der Waals surface area contributed by atoms with Crippen molar-refractivity contribution in [3.8, 4) is 0 Å². The summed E-state index contributed by atoms with van der Waals surface area (Å²) in [6.07, 6.45) is 9.79. The van der Waals surface area contributed by atoms with Gasteiger partial charge < -0.3 is 8.84 Å². The van der Waals surface area contributed by atoms with Gasteiger partial charge in [0, 0.05) is 11.3 Å². The Bertz CT molecular complexity index is 990. The number of ketones is 1. The highest BCUT2D eigenvalue weighted by atomic mass is 28.4. The summed E-state index contributed by atoms with van der Waals surface area (Å²) in [6, 6.07) is 2.36. The summed E-state index contributed by atoms with van der Waals surface area (Å²) >= 11 is 0. The van der Waals surface area contributed by atoms with E-state index in [1.165, 1.54) is 29.4 Å². The number of furan rings is 1. The van der Waals surface area contributed by atoms with Crippen LogP contribution in [-0.2, 0) is 9.22 Å². The predicted octanol–water partition coefficient (Wildman–Crippen LogP) is 7.95. The average molecular weight is 501 g/mol. The monoisotopic (exact) mass is 500 g/mol. The van der Waals surface area contributed by atoms with Crippen molar-refractivity contribution in [1.29, 1.82) is 0 Å². The molecule has 0 radical (unpaired) electrons. The summed E-state index contributed by atoms with van der Waals surface area (Å²) < 4.78 is 13.8. The lowest BCUT2D eigenvalue weighted by Gasteiger charge is -2.60. The minimum Gasteiger partial charge on any atom is -0.474 e. The molecule has 0 bridgehead atoms. The Balaban J connectivity index is 1.89. The summed E-state index contributed by atoms with van der Waals surface area (Å²) in [5.41, 5.74) is 3.62. The molecule has 1 aromatic rings. The SMILES string of the molecule is CC(=O)C1=C2CCCC[C@@H]2[C@@]2(O[Si](C)(C)C(C)(C)C)CC[C@H](c3coc([Si](C)(C)C)c3)[C@@]2(C)C1. The zero-order chi connectivity index (χ0) is 25.3. The minimum atomic E-state index is -2.04. The average Bonchev–Trinajstić information content (AvgIpc) is 3.29. The van der Waals surface area contributed by atoms with Crippen molar-refractivity contribution in [3.05, 3.63) is 29.0 Å². The Kier molecular flexibility index (Phi) is 6.39. The lowest BCUT2D eigenvalue weighted by Crippen LogP contribution is -2.62. The first-order valence-corrected chi connectivity index (χ1v) is 20.0. The molecule has 190 valence electrons. The maximum atomic E-state index is 13.0. The molecule has 0 N–H and O–H groups in total. The van der Waals surface area contributed by atoms with Crippen molar-refractivity contribution in [2.75, 3.05) is 0 Å². The van der Waals surface area contributed by atoms with Gasteiger partial charge in [-0.3, -0.25) is 4.79 Å². The molecule has 0 aromatic carbocycles. The zero-order valence-corrected chi connectivity index (χ0v) is 25.5. The van der Waals surface area contributed by atoms with E-state index in [9.17, 15) is 4.79 Å². The van der Waals surface area contributed by atoms with Gasteiger partial charge in [0.05, 0.1) is 17.2 Å². The van der Waals surface area contributed by atoms with E-state index >= 15 is 0 Å². The summed E-state index contributed by atoms with van der Waals surface area (Å²) in [6.45, 7) is 23.2. The molecule has 0 amide bonds. The molecule has 3 aliphatic rings. The molecule has 3 nitrogen and oxygen atoms in total. The van der Waals surface area contributed by atoms with Crippen molar-refractivity contribution < 1.29 is 13.6 Å². The fourth-order valence-corrected chi connectivity index (χ4v) is 9.84. The van der Waals surface area contributed by atoms with Gasteiger partial charge in [-0.2, -0.15) is 0 Å². The third kappa shape index (κ3) is 3.98. The first-order chi connectivity index (χ1) is 15.5. The highest BCUT2D eigenvalue weighted by molar-refractivity contribution is 6.87. The van der Waals surface area contributed by atoms with Gasteiger partial charge in [-0.15, -0.1) is 0 Å². The number of rotatable bonds is 5. The van der Waals surface area contributed by atoms with E-state index in [0.717, 1.165) is 37.7 Å². The van der Waals surface area contributed by atoms with Crippen LogP contribution >= 0.6 is 0 Å². The number of carbonyl (C=O) groups excluding carboxylic acids is 1. The first-order valence-electron chi connectivity index (χ1n) is 13.6. The van der Waals surface area contributed by atoms with Crippen LogP contribution in [0.4, 0.5) is 0 Å². The summed E-state index contributed by atoms with van der Waals surface area (Å²) in [5, 5.41) is 1.34. The number of carbonyl (C=O) groups is 1. The minimum absolute atomic E-state index is 0.102. The zero-order valence-electron chi connectivity index (χ0n) is 23.5. The van der Waals surface area contributed by atoms with Gasteiger partial charge in [0.1, 0.15) is 8.07 Å². The third-order valence-corrected chi connectivity index (χ3v) is 16.3. The van der Waals surface area contributed by atoms with Crippen LogP contribution in [0.25, 0.3) is 0 Å². The van der Waals surface area contributed by atoms with Crippen LogP contribution in [0.5, 0.6) is 0 Å². The van der Waals surface area contributed by atoms with Crippen LogP contribution in [-0.4, -0.2) is 27.8 Å². The topological polar surface area (TPSA) is 39.4 Å². The first kappa shape index (κ1) is 26.2. The molecule has 34 heavy (non-hydrogen) atoms. The smallest absolute Gasteiger partial charge is 0.192 e. The molecule has 2 saturated carbocycles. The highest BCUT2D eigenvalue weighted by Gasteiger charge is 2.67. The standard InChI is InChI=1S/C29H48O3Si2/c1-20(30)23-18-28(5)24(21-17-26(31-19-21)33(6,7)8)15-16-29(28,25-14-12-11-13-22(23)25)32-34(9,10)27(2,3)4/h17,19,24-25H,11-16,18H2,1-10H3/t24-,25+,28-,29+/m1/s1. The van der Waals surface area contributed by atoms with E-state index in [1.807, 2.05) is 6.26 Å². The molecular weight excluding hydrogens is 452 g/mol. The fraction of sp³-hybridized carbons (Fsp3) is 0.759. The van der Waals surface area contributed by atoms with Crippen molar-refractivity contribution >= 4 is 27.6 Å². The van der Waals surface area contributed by atoms with E-state index in [4.69, 9.17) is 8.84 Å². The summed E-state index contributed by atoms with van der Waals surface area (Å²) in [7, 11) is -3.57. The highest BCUT2D eigenvalue weighted by Crippen LogP contribution is 2.69. The molecule has 2 fully saturated rings. The molecule has 3 aliphatic carbocycles. The van der Waals surface area contributed by atoms with Crippen molar-refractivity contribution in [1.82, 2.24) is 0 Å². The van der Waals surface area contributed by atoms with Crippen molar-refractivity contribution in [3.63, 3.8) is 0 Å². The second kappa shape index (κ2) is 8.31. The maximum Gasteiger partial charge on any atom is 0.192 e. The lowest BCUT2D eigenvalue weighted by atomic mass is 9.53. The van der Waals surface area contributed by atoms with Crippen LogP contribution in [0.3, 0.4) is 0 Å². The lowest BCUT2D eigenvalue weighted by molar-refractivity contribution is -0.118. The number of hydrogen-bond donors (Lipinski definition) is 0. The molecule has 0 spiro atoms. The molecule has 4 atom stereocenters. The Morgan fingerprint density at radius 3 is 2.32 bits per heavy atom. The van der Waals surface area contributed by atoms with Gasteiger partial charge >= 0.3 is 0 Å². The number of allylic oxidation sites excluding steroid dienone is 1. The predicted molar refractivity (Wildman–Crippen MR) is 147 cm³/mol. The second-order valence-corrected chi connectivity index (χ2v) is 24.0. The summed E-state index contributed by atoms with van der Waals surface area (Å²) in [5.74, 6) is 1.02. The molecular formula is C29H48O3Si2. The van der Waals surface area contributed by atoms with Crippen LogP contribution in [0.1, 0.15) is 91.0 Å². The normalized spacial score (nSPS) is 32.5. The second-order valence-electron chi connectivity index (χ2n) is 14.3. The molecule has 0 saturated heterocycles. The number of fused-ring (bicyclic) bond motifs is 3. The van der Waals surface area contributed by atoms with E-state index < -0.39 is 16.4 Å².